The Morgan fingerprint density at radius 2 is 1.71 bits per heavy atom. The zero-order valence-electron chi connectivity index (χ0n) is 14.2. The summed E-state index contributed by atoms with van der Waals surface area (Å²) in [5.74, 6) is 1.59. The first-order chi connectivity index (χ1) is 11.7. The molecule has 0 fully saturated rings. The van der Waals surface area contributed by atoms with E-state index in [1.165, 1.54) is 0 Å². The van der Waals surface area contributed by atoms with E-state index in [1.807, 2.05) is 62.4 Å². The number of fused-ring (bicyclic) bond motifs is 1. The first-order valence-electron chi connectivity index (χ1n) is 8.45. The van der Waals surface area contributed by atoms with Crippen molar-refractivity contribution in [1.82, 2.24) is 0 Å². The molecule has 24 heavy (non-hydrogen) atoms. The Balaban J connectivity index is 1.91. The highest BCUT2D eigenvalue weighted by Crippen LogP contribution is 2.31. The molecule has 2 aromatic carbocycles. The number of hydrogen-bond donors (Lipinski definition) is 0. The fourth-order valence-electron chi connectivity index (χ4n) is 3.01. The Bertz CT molecular complexity index is 774. The van der Waals surface area contributed by atoms with Gasteiger partial charge in [0.05, 0.1) is 13.2 Å². The molecule has 0 spiro atoms. The maximum Gasteiger partial charge on any atom is 0.189 e. The summed E-state index contributed by atoms with van der Waals surface area (Å²) < 4.78 is 11.3. The molecule has 0 saturated carbocycles. The van der Waals surface area contributed by atoms with Crippen LogP contribution in [0.3, 0.4) is 0 Å². The minimum Gasteiger partial charge on any atom is -0.490 e. The molecule has 2 aromatic rings. The minimum atomic E-state index is 0.128. The van der Waals surface area contributed by atoms with Crippen molar-refractivity contribution in [2.24, 2.45) is 0 Å². The number of ether oxygens (including phenoxy) is 2. The van der Waals surface area contributed by atoms with E-state index in [9.17, 15) is 4.79 Å². The van der Waals surface area contributed by atoms with Gasteiger partial charge in [-0.25, -0.2) is 0 Å². The molecule has 0 aliphatic heterocycles. The predicted molar refractivity (Wildman–Crippen MR) is 95.9 cm³/mol. The van der Waals surface area contributed by atoms with Gasteiger partial charge in [0.15, 0.2) is 17.3 Å². The van der Waals surface area contributed by atoms with Gasteiger partial charge >= 0.3 is 0 Å². The number of rotatable bonds is 5. The van der Waals surface area contributed by atoms with Crippen molar-refractivity contribution in [3.63, 3.8) is 0 Å². The van der Waals surface area contributed by atoms with Gasteiger partial charge in [-0.05, 0) is 56.0 Å². The summed E-state index contributed by atoms with van der Waals surface area (Å²) in [6.07, 6.45) is 3.65. The molecule has 3 rings (SSSR count). The van der Waals surface area contributed by atoms with E-state index < -0.39 is 0 Å². The van der Waals surface area contributed by atoms with Gasteiger partial charge in [-0.15, -0.1) is 0 Å². The SMILES string of the molecule is CCOc1ccc(/C=C2\CCc3ccccc3C2=O)cc1OCC. The lowest BCUT2D eigenvalue weighted by atomic mass is 9.86. The van der Waals surface area contributed by atoms with Crippen LogP contribution in [0.15, 0.2) is 48.0 Å². The second-order valence-corrected chi connectivity index (χ2v) is 5.73. The Morgan fingerprint density at radius 3 is 2.50 bits per heavy atom. The van der Waals surface area contributed by atoms with Crippen molar-refractivity contribution in [2.45, 2.75) is 26.7 Å². The molecule has 0 aromatic heterocycles. The Morgan fingerprint density at radius 1 is 0.958 bits per heavy atom. The van der Waals surface area contributed by atoms with Crippen molar-refractivity contribution >= 4 is 11.9 Å². The molecule has 1 aliphatic carbocycles. The van der Waals surface area contributed by atoms with Gasteiger partial charge in [-0.2, -0.15) is 0 Å². The lowest BCUT2D eigenvalue weighted by Crippen LogP contribution is -2.13. The molecule has 0 unspecified atom stereocenters. The molecule has 3 heteroatoms. The van der Waals surface area contributed by atoms with Crippen LogP contribution in [0.1, 0.15) is 41.8 Å². The smallest absolute Gasteiger partial charge is 0.189 e. The van der Waals surface area contributed by atoms with Crippen LogP contribution in [0.2, 0.25) is 0 Å². The van der Waals surface area contributed by atoms with Crippen LogP contribution in [0.25, 0.3) is 6.08 Å². The summed E-state index contributed by atoms with van der Waals surface area (Å²) in [5, 5.41) is 0. The summed E-state index contributed by atoms with van der Waals surface area (Å²) in [5.41, 5.74) is 3.78. The molecule has 0 atom stereocenters. The second kappa shape index (κ2) is 7.35. The van der Waals surface area contributed by atoms with Crippen LogP contribution < -0.4 is 9.47 Å². The Kier molecular flexibility index (Phi) is 4.99. The van der Waals surface area contributed by atoms with Gasteiger partial charge in [-0.1, -0.05) is 30.3 Å². The van der Waals surface area contributed by atoms with Crippen LogP contribution in [-0.2, 0) is 6.42 Å². The van der Waals surface area contributed by atoms with Crippen LogP contribution >= 0.6 is 0 Å². The van der Waals surface area contributed by atoms with Gasteiger partial charge in [0.25, 0.3) is 0 Å². The van der Waals surface area contributed by atoms with E-state index in [1.54, 1.807) is 0 Å². The van der Waals surface area contributed by atoms with Gasteiger partial charge < -0.3 is 9.47 Å². The molecule has 3 nitrogen and oxygen atoms in total. The monoisotopic (exact) mass is 322 g/mol. The highest BCUT2D eigenvalue weighted by atomic mass is 16.5. The summed E-state index contributed by atoms with van der Waals surface area (Å²) in [7, 11) is 0. The van der Waals surface area contributed by atoms with Gasteiger partial charge in [0.2, 0.25) is 0 Å². The molecule has 0 saturated heterocycles. The number of carbonyl (C=O) groups excluding carboxylic acids is 1. The van der Waals surface area contributed by atoms with E-state index >= 15 is 0 Å². The van der Waals surface area contributed by atoms with Crippen molar-refractivity contribution in [3.8, 4) is 11.5 Å². The lowest BCUT2D eigenvalue weighted by molar-refractivity contribution is 0.102. The van der Waals surface area contributed by atoms with Crippen LogP contribution in [-0.4, -0.2) is 19.0 Å². The van der Waals surface area contributed by atoms with Crippen molar-refractivity contribution < 1.29 is 14.3 Å². The zero-order chi connectivity index (χ0) is 16.9. The average molecular weight is 322 g/mol. The molecule has 124 valence electrons. The molecule has 0 bridgehead atoms. The predicted octanol–water partition coefficient (Wildman–Crippen LogP) is 4.70. The third-order valence-corrected chi connectivity index (χ3v) is 4.13. The first-order valence-corrected chi connectivity index (χ1v) is 8.45. The van der Waals surface area contributed by atoms with Crippen LogP contribution in [0.4, 0.5) is 0 Å². The molecule has 0 N–H and O–H groups in total. The number of carbonyl (C=O) groups is 1. The molecule has 0 heterocycles. The van der Waals surface area contributed by atoms with E-state index in [0.717, 1.165) is 46.6 Å². The summed E-state index contributed by atoms with van der Waals surface area (Å²) >= 11 is 0. The van der Waals surface area contributed by atoms with E-state index in [2.05, 4.69) is 0 Å². The highest BCUT2D eigenvalue weighted by molar-refractivity contribution is 6.13. The molecule has 1 aliphatic rings. The van der Waals surface area contributed by atoms with E-state index in [-0.39, 0.29) is 5.78 Å². The standard InChI is InChI=1S/C21H22O3/c1-3-23-19-12-9-15(14-20(19)24-4-2)13-17-11-10-16-7-5-6-8-18(16)21(17)22/h5-9,12-14H,3-4,10-11H2,1-2H3/b17-13+. The normalized spacial score (nSPS) is 15.2. The first kappa shape index (κ1) is 16.3. The van der Waals surface area contributed by atoms with Crippen LogP contribution in [0.5, 0.6) is 11.5 Å². The third-order valence-electron chi connectivity index (χ3n) is 4.13. The Labute approximate surface area is 142 Å². The maximum absolute atomic E-state index is 12.7. The van der Waals surface area contributed by atoms with Crippen molar-refractivity contribution in [1.29, 1.82) is 0 Å². The Hall–Kier alpha value is -2.55. The number of allylic oxidation sites excluding steroid dienone is 1. The number of ketones is 1. The summed E-state index contributed by atoms with van der Waals surface area (Å²) in [4.78, 5) is 12.7. The molecular weight excluding hydrogens is 300 g/mol. The topological polar surface area (TPSA) is 35.5 Å². The summed E-state index contributed by atoms with van der Waals surface area (Å²) in [6, 6.07) is 13.7. The van der Waals surface area contributed by atoms with Gasteiger partial charge in [0.1, 0.15) is 0 Å². The summed E-state index contributed by atoms with van der Waals surface area (Å²) in [6.45, 7) is 5.06. The zero-order valence-corrected chi connectivity index (χ0v) is 14.2. The van der Waals surface area contributed by atoms with E-state index in [4.69, 9.17) is 9.47 Å². The van der Waals surface area contributed by atoms with Gasteiger partial charge in [0, 0.05) is 11.1 Å². The second-order valence-electron chi connectivity index (χ2n) is 5.73. The fourth-order valence-corrected chi connectivity index (χ4v) is 3.01. The maximum atomic E-state index is 12.7. The lowest BCUT2D eigenvalue weighted by Gasteiger charge is -2.17. The van der Waals surface area contributed by atoms with Gasteiger partial charge in [-0.3, -0.25) is 4.79 Å². The number of Topliss-reactive ketones (excluding diaryl/α,β-unsaturated/α-hetero) is 1. The third kappa shape index (κ3) is 3.35. The largest absolute Gasteiger partial charge is 0.490 e. The number of hydrogen-bond acceptors (Lipinski definition) is 3. The van der Waals surface area contributed by atoms with E-state index in [0.29, 0.717) is 13.2 Å². The van der Waals surface area contributed by atoms with Crippen LogP contribution in [0, 0.1) is 0 Å². The van der Waals surface area contributed by atoms with Crippen molar-refractivity contribution in [3.05, 3.63) is 64.7 Å². The highest BCUT2D eigenvalue weighted by Gasteiger charge is 2.21. The molecule has 0 amide bonds. The number of aryl methyl sites for hydroxylation is 1. The number of benzene rings is 2. The fraction of sp³-hybridized carbons (Fsp3) is 0.286. The molecule has 0 radical (unpaired) electrons. The average Bonchev–Trinajstić information content (AvgIpc) is 2.60. The van der Waals surface area contributed by atoms with Crippen molar-refractivity contribution in [2.75, 3.05) is 13.2 Å². The molecular formula is C21H22O3. The quantitative estimate of drug-likeness (QED) is 0.749. The minimum absolute atomic E-state index is 0.128.